The molecule has 0 spiro atoms. The van der Waals surface area contributed by atoms with Gasteiger partial charge < -0.3 is 4.74 Å². The van der Waals surface area contributed by atoms with Gasteiger partial charge in [-0.2, -0.15) is 13.2 Å². The monoisotopic (exact) mass is 245 g/mol. The maximum atomic E-state index is 12.6. The zero-order valence-electron chi connectivity index (χ0n) is 9.64. The third-order valence-electron chi connectivity index (χ3n) is 2.90. The molecule has 0 saturated carbocycles. The van der Waals surface area contributed by atoms with Crippen molar-refractivity contribution in [1.29, 1.82) is 0 Å². The SMILES string of the molecule is CC1CNC(C)(c2cccc(C(F)(F)F)c2)O1. The summed E-state index contributed by atoms with van der Waals surface area (Å²) in [6.45, 7) is 4.25. The maximum Gasteiger partial charge on any atom is 0.416 e. The molecule has 1 fully saturated rings. The first-order valence-electron chi connectivity index (χ1n) is 5.42. The fourth-order valence-electron chi connectivity index (χ4n) is 1.99. The van der Waals surface area contributed by atoms with Crippen molar-refractivity contribution in [3.63, 3.8) is 0 Å². The van der Waals surface area contributed by atoms with Crippen LogP contribution < -0.4 is 5.32 Å². The van der Waals surface area contributed by atoms with Gasteiger partial charge in [0, 0.05) is 6.54 Å². The number of halogens is 3. The average Bonchev–Trinajstić information content (AvgIpc) is 2.59. The van der Waals surface area contributed by atoms with E-state index in [9.17, 15) is 13.2 Å². The predicted octanol–water partition coefficient (Wildman–Crippen LogP) is 2.89. The summed E-state index contributed by atoms with van der Waals surface area (Å²) in [5.41, 5.74) is -0.987. The molecule has 2 unspecified atom stereocenters. The van der Waals surface area contributed by atoms with Gasteiger partial charge in [-0.25, -0.2) is 0 Å². The molecule has 1 aliphatic heterocycles. The molecule has 17 heavy (non-hydrogen) atoms. The first-order valence-corrected chi connectivity index (χ1v) is 5.42. The Morgan fingerprint density at radius 1 is 1.41 bits per heavy atom. The molecule has 1 aromatic rings. The number of benzene rings is 1. The third-order valence-corrected chi connectivity index (χ3v) is 2.90. The van der Waals surface area contributed by atoms with Crippen LogP contribution in [0.1, 0.15) is 25.0 Å². The van der Waals surface area contributed by atoms with E-state index in [1.165, 1.54) is 6.07 Å². The molecule has 0 bridgehead atoms. The van der Waals surface area contributed by atoms with Gasteiger partial charge in [-0.05, 0) is 31.5 Å². The van der Waals surface area contributed by atoms with Gasteiger partial charge in [0.2, 0.25) is 0 Å². The summed E-state index contributed by atoms with van der Waals surface area (Å²) in [6.07, 6.45) is -4.33. The highest BCUT2D eigenvalue weighted by Gasteiger charge is 2.37. The van der Waals surface area contributed by atoms with E-state index in [-0.39, 0.29) is 6.10 Å². The minimum absolute atomic E-state index is 0.00505. The summed E-state index contributed by atoms with van der Waals surface area (Å²) < 4.78 is 43.4. The lowest BCUT2D eigenvalue weighted by Gasteiger charge is -2.25. The van der Waals surface area contributed by atoms with E-state index in [0.717, 1.165) is 12.1 Å². The van der Waals surface area contributed by atoms with Crippen molar-refractivity contribution in [2.24, 2.45) is 0 Å². The van der Waals surface area contributed by atoms with E-state index in [2.05, 4.69) is 5.32 Å². The fourth-order valence-corrected chi connectivity index (χ4v) is 1.99. The van der Waals surface area contributed by atoms with Crippen LogP contribution in [-0.2, 0) is 16.6 Å². The Bertz CT molecular complexity index is 418. The van der Waals surface area contributed by atoms with Gasteiger partial charge in [0.1, 0.15) is 5.72 Å². The van der Waals surface area contributed by atoms with Crippen molar-refractivity contribution in [2.75, 3.05) is 6.54 Å². The van der Waals surface area contributed by atoms with E-state index in [0.29, 0.717) is 12.1 Å². The number of nitrogens with one attached hydrogen (secondary N) is 1. The zero-order chi connectivity index (χ0) is 12.7. The van der Waals surface area contributed by atoms with Crippen LogP contribution in [0.2, 0.25) is 0 Å². The Hall–Kier alpha value is -1.07. The molecule has 2 rings (SSSR count). The van der Waals surface area contributed by atoms with Gasteiger partial charge in [0.05, 0.1) is 11.7 Å². The number of ether oxygens (including phenoxy) is 1. The molecule has 0 radical (unpaired) electrons. The minimum atomic E-state index is -4.32. The lowest BCUT2D eigenvalue weighted by molar-refractivity contribution is -0.137. The van der Waals surface area contributed by atoms with Crippen molar-refractivity contribution in [3.05, 3.63) is 35.4 Å². The van der Waals surface area contributed by atoms with Gasteiger partial charge in [-0.1, -0.05) is 12.1 Å². The quantitative estimate of drug-likeness (QED) is 0.821. The van der Waals surface area contributed by atoms with E-state index in [1.54, 1.807) is 13.0 Å². The molecule has 2 nitrogen and oxygen atoms in total. The molecule has 1 heterocycles. The second kappa shape index (κ2) is 3.99. The van der Waals surface area contributed by atoms with Crippen LogP contribution in [0.4, 0.5) is 13.2 Å². The normalized spacial score (nSPS) is 29.6. The van der Waals surface area contributed by atoms with Crippen LogP contribution in [0.3, 0.4) is 0 Å². The van der Waals surface area contributed by atoms with Crippen molar-refractivity contribution < 1.29 is 17.9 Å². The average molecular weight is 245 g/mol. The number of hydrogen-bond donors (Lipinski definition) is 1. The van der Waals surface area contributed by atoms with E-state index in [4.69, 9.17) is 4.74 Å². The number of hydrogen-bond acceptors (Lipinski definition) is 2. The first kappa shape index (κ1) is 12.4. The van der Waals surface area contributed by atoms with E-state index >= 15 is 0 Å². The van der Waals surface area contributed by atoms with Crippen LogP contribution in [-0.4, -0.2) is 12.6 Å². The molecular formula is C12H14F3NO. The molecule has 1 aliphatic rings. The van der Waals surface area contributed by atoms with Crippen LogP contribution in [0.5, 0.6) is 0 Å². The summed E-state index contributed by atoms with van der Waals surface area (Å²) in [5, 5.41) is 3.09. The van der Waals surface area contributed by atoms with Crippen LogP contribution in [0, 0.1) is 0 Å². The highest BCUT2D eigenvalue weighted by molar-refractivity contribution is 5.30. The molecule has 1 saturated heterocycles. The van der Waals surface area contributed by atoms with Crippen molar-refractivity contribution >= 4 is 0 Å². The molecule has 1 N–H and O–H groups in total. The van der Waals surface area contributed by atoms with Crippen LogP contribution in [0.25, 0.3) is 0 Å². The molecule has 0 amide bonds. The predicted molar refractivity (Wildman–Crippen MR) is 57.3 cm³/mol. The van der Waals surface area contributed by atoms with Gasteiger partial charge in [0.15, 0.2) is 0 Å². The molecule has 94 valence electrons. The van der Waals surface area contributed by atoms with Crippen molar-refractivity contribution in [3.8, 4) is 0 Å². The minimum Gasteiger partial charge on any atom is -0.352 e. The highest BCUT2D eigenvalue weighted by atomic mass is 19.4. The highest BCUT2D eigenvalue weighted by Crippen LogP contribution is 2.34. The Labute approximate surface area is 97.8 Å². The van der Waals surface area contributed by atoms with Gasteiger partial charge in [-0.15, -0.1) is 0 Å². The van der Waals surface area contributed by atoms with E-state index < -0.39 is 17.5 Å². The molecule has 1 aromatic carbocycles. The topological polar surface area (TPSA) is 21.3 Å². The largest absolute Gasteiger partial charge is 0.416 e. The molecule has 2 atom stereocenters. The third kappa shape index (κ3) is 2.45. The standard InChI is InChI=1S/C12H14F3NO/c1-8-7-16-11(2,17-8)9-4-3-5-10(6-9)12(13,14)15/h3-6,8,16H,7H2,1-2H3. The van der Waals surface area contributed by atoms with Gasteiger partial charge in [-0.3, -0.25) is 5.32 Å². The second-order valence-electron chi connectivity index (χ2n) is 4.42. The summed E-state index contributed by atoms with van der Waals surface area (Å²) in [5.74, 6) is 0. The fraction of sp³-hybridized carbons (Fsp3) is 0.500. The van der Waals surface area contributed by atoms with Crippen LogP contribution >= 0.6 is 0 Å². The summed E-state index contributed by atoms with van der Waals surface area (Å²) in [4.78, 5) is 0. The van der Waals surface area contributed by atoms with Gasteiger partial charge in [0.25, 0.3) is 0 Å². The van der Waals surface area contributed by atoms with E-state index in [1.807, 2.05) is 6.92 Å². The molecular weight excluding hydrogens is 231 g/mol. The van der Waals surface area contributed by atoms with Crippen molar-refractivity contribution in [1.82, 2.24) is 5.32 Å². The zero-order valence-corrected chi connectivity index (χ0v) is 9.64. The second-order valence-corrected chi connectivity index (χ2v) is 4.42. The smallest absolute Gasteiger partial charge is 0.352 e. The Balaban J connectivity index is 2.34. The number of rotatable bonds is 1. The lowest BCUT2D eigenvalue weighted by Crippen LogP contribution is -2.34. The maximum absolute atomic E-state index is 12.6. The Morgan fingerprint density at radius 2 is 2.12 bits per heavy atom. The van der Waals surface area contributed by atoms with Crippen LogP contribution in [0.15, 0.2) is 24.3 Å². The van der Waals surface area contributed by atoms with Gasteiger partial charge >= 0.3 is 6.18 Å². The first-order chi connectivity index (χ1) is 7.81. The Morgan fingerprint density at radius 3 is 2.65 bits per heavy atom. The number of alkyl halides is 3. The molecule has 0 aromatic heterocycles. The molecule has 0 aliphatic carbocycles. The lowest BCUT2D eigenvalue weighted by atomic mass is 10.0. The summed E-state index contributed by atoms with van der Waals surface area (Å²) in [7, 11) is 0. The molecule has 5 heteroatoms. The Kier molecular flexibility index (Phi) is 2.91. The van der Waals surface area contributed by atoms with Crippen molar-refractivity contribution in [2.45, 2.75) is 31.9 Å². The summed E-state index contributed by atoms with van der Waals surface area (Å²) in [6, 6.07) is 5.23. The summed E-state index contributed by atoms with van der Waals surface area (Å²) >= 11 is 0.